The van der Waals surface area contributed by atoms with E-state index in [-0.39, 0.29) is 11.9 Å². The number of nitrogens with two attached hydrogens (primary N) is 1. The Bertz CT molecular complexity index is 511. The van der Waals surface area contributed by atoms with E-state index in [9.17, 15) is 0 Å². The predicted octanol–water partition coefficient (Wildman–Crippen LogP) is 1.64. The van der Waals surface area contributed by atoms with Gasteiger partial charge in [-0.1, -0.05) is 40.6 Å². The molecule has 1 heterocycles. The van der Waals surface area contributed by atoms with Crippen LogP contribution in [-0.2, 0) is 6.54 Å². The first kappa shape index (κ1) is 13.1. The molecule has 19 heavy (non-hydrogen) atoms. The molecule has 0 aliphatic carbocycles. The lowest BCUT2D eigenvalue weighted by atomic mass is 10.0. The van der Waals surface area contributed by atoms with Gasteiger partial charge < -0.3 is 20.8 Å². The fourth-order valence-electron chi connectivity index (χ4n) is 1.80. The van der Waals surface area contributed by atoms with Crippen LogP contribution in [-0.4, -0.2) is 16.2 Å². The number of nitrogens with one attached hydrogen (secondary N) is 1. The Morgan fingerprint density at radius 1 is 1.37 bits per heavy atom. The predicted molar refractivity (Wildman–Crippen MR) is 70.6 cm³/mol. The van der Waals surface area contributed by atoms with Gasteiger partial charge in [-0.2, -0.15) is 0 Å². The van der Waals surface area contributed by atoms with Crippen molar-refractivity contribution in [3.05, 3.63) is 53.9 Å². The smallest absolute Gasteiger partial charge is 0.141 e. The summed E-state index contributed by atoms with van der Waals surface area (Å²) in [5.74, 6) is 0.182. The summed E-state index contributed by atoms with van der Waals surface area (Å²) in [6, 6.07) is 11.6. The molecule has 1 aromatic heterocycles. The first-order valence-electron chi connectivity index (χ1n) is 5.93. The standard InChI is InChI=1S/C13H16N4O2/c14-13(16-18)8-12(10-4-2-1-3-5-10)15-9-11-6-7-19-17-11/h1-7,12,15,18H,8-9H2,(H2,14,16). The molecule has 0 amide bonds. The summed E-state index contributed by atoms with van der Waals surface area (Å²) >= 11 is 0. The van der Waals surface area contributed by atoms with Gasteiger partial charge in [0, 0.05) is 25.1 Å². The van der Waals surface area contributed by atoms with Crippen LogP contribution in [0.3, 0.4) is 0 Å². The Morgan fingerprint density at radius 2 is 2.16 bits per heavy atom. The molecule has 1 atom stereocenters. The van der Waals surface area contributed by atoms with E-state index in [2.05, 4.69) is 15.6 Å². The number of rotatable bonds is 6. The second-order valence-electron chi connectivity index (χ2n) is 4.13. The summed E-state index contributed by atoms with van der Waals surface area (Å²) in [7, 11) is 0. The molecule has 0 radical (unpaired) electrons. The molecule has 1 aromatic carbocycles. The number of aromatic nitrogens is 1. The summed E-state index contributed by atoms with van der Waals surface area (Å²) in [6.45, 7) is 0.550. The SMILES string of the molecule is N/C(CC(NCc1ccon1)c1ccccc1)=N/O. The minimum Gasteiger partial charge on any atom is -0.409 e. The maximum absolute atomic E-state index is 8.69. The number of nitrogens with zero attached hydrogens (tertiary/aromatic N) is 2. The number of amidine groups is 1. The van der Waals surface area contributed by atoms with Crippen LogP contribution in [0.1, 0.15) is 23.7 Å². The molecule has 0 fully saturated rings. The molecule has 2 rings (SSSR count). The zero-order valence-electron chi connectivity index (χ0n) is 10.4. The summed E-state index contributed by atoms with van der Waals surface area (Å²) < 4.78 is 4.78. The van der Waals surface area contributed by atoms with Crippen LogP contribution in [0.5, 0.6) is 0 Å². The largest absolute Gasteiger partial charge is 0.409 e. The maximum atomic E-state index is 8.69. The van der Waals surface area contributed by atoms with Crippen molar-refractivity contribution in [2.24, 2.45) is 10.9 Å². The van der Waals surface area contributed by atoms with Gasteiger partial charge in [-0.15, -0.1) is 0 Å². The third kappa shape index (κ3) is 3.82. The molecule has 0 spiro atoms. The highest BCUT2D eigenvalue weighted by atomic mass is 16.5. The topological polar surface area (TPSA) is 96.7 Å². The molecule has 4 N–H and O–H groups in total. The Morgan fingerprint density at radius 3 is 2.79 bits per heavy atom. The summed E-state index contributed by atoms with van der Waals surface area (Å²) in [5.41, 5.74) is 7.46. The Hall–Kier alpha value is -2.34. The van der Waals surface area contributed by atoms with E-state index in [1.165, 1.54) is 6.26 Å². The van der Waals surface area contributed by atoms with Gasteiger partial charge in [0.05, 0.1) is 5.69 Å². The van der Waals surface area contributed by atoms with E-state index in [4.69, 9.17) is 15.5 Å². The van der Waals surface area contributed by atoms with E-state index in [0.29, 0.717) is 13.0 Å². The van der Waals surface area contributed by atoms with Crippen molar-refractivity contribution in [2.75, 3.05) is 0 Å². The second kappa shape index (κ2) is 6.55. The van der Waals surface area contributed by atoms with Crippen molar-refractivity contribution in [3.8, 4) is 0 Å². The van der Waals surface area contributed by atoms with Gasteiger partial charge >= 0.3 is 0 Å². The van der Waals surface area contributed by atoms with Crippen LogP contribution in [0, 0.1) is 0 Å². The van der Waals surface area contributed by atoms with Crippen LogP contribution in [0.15, 0.2) is 52.3 Å². The third-order valence-corrected chi connectivity index (χ3v) is 2.76. The van der Waals surface area contributed by atoms with Crippen molar-refractivity contribution < 1.29 is 9.73 Å². The van der Waals surface area contributed by atoms with Crippen molar-refractivity contribution in [1.29, 1.82) is 0 Å². The molecule has 6 nitrogen and oxygen atoms in total. The highest BCUT2D eigenvalue weighted by molar-refractivity contribution is 5.80. The molecule has 6 heteroatoms. The van der Waals surface area contributed by atoms with Crippen molar-refractivity contribution >= 4 is 5.84 Å². The average Bonchev–Trinajstić information content (AvgIpc) is 2.97. The van der Waals surface area contributed by atoms with Crippen LogP contribution in [0.4, 0.5) is 0 Å². The Balaban J connectivity index is 2.06. The fraction of sp³-hybridized carbons (Fsp3) is 0.231. The lowest BCUT2D eigenvalue weighted by Gasteiger charge is -2.17. The van der Waals surface area contributed by atoms with Gasteiger partial charge in [0.15, 0.2) is 0 Å². The molecule has 0 bridgehead atoms. The van der Waals surface area contributed by atoms with Crippen molar-refractivity contribution in [1.82, 2.24) is 10.5 Å². The van der Waals surface area contributed by atoms with Crippen LogP contribution < -0.4 is 11.1 Å². The maximum Gasteiger partial charge on any atom is 0.141 e. The van der Waals surface area contributed by atoms with Gasteiger partial charge in [-0.25, -0.2) is 0 Å². The first-order chi connectivity index (χ1) is 9.29. The lowest BCUT2D eigenvalue weighted by Crippen LogP contribution is -2.26. The summed E-state index contributed by atoms with van der Waals surface area (Å²) in [4.78, 5) is 0. The van der Waals surface area contributed by atoms with E-state index < -0.39 is 0 Å². The normalized spacial score (nSPS) is 13.4. The van der Waals surface area contributed by atoms with Gasteiger partial charge in [0.25, 0.3) is 0 Å². The second-order valence-corrected chi connectivity index (χ2v) is 4.13. The highest BCUT2D eigenvalue weighted by Gasteiger charge is 2.13. The van der Waals surface area contributed by atoms with Gasteiger partial charge in [-0.05, 0) is 5.56 Å². The summed E-state index contributed by atoms with van der Waals surface area (Å²) in [6.07, 6.45) is 1.94. The first-order valence-corrected chi connectivity index (χ1v) is 5.93. The van der Waals surface area contributed by atoms with Gasteiger partial charge in [0.2, 0.25) is 0 Å². The molecular weight excluding hydrogens is 244 g/mol. The fourth-order valence-corrected chi connectivity index (χ4v) is 1.80. The van der Waals surface area contributed by atoms with Crippen LogP contribution in [0.25, 0.3) is 0 Å². The molecule has 0 saturated heterocycles. The van der Waals surface area contributed by atoms with Crippen molar-refractivity contribution in [2.45, 2.75) is 19.0 Å². The zero-order valence-corrected chi connectivity index (χ0v) is 10.4. The number of oxime groups is 1. The van der Waals surface area contributed by atoms with E-state index in [1.54, 1.807) is 6.07 Å². The molecule has 100 valence electrons. The molecule has 0 aliphatic rings. The number of hydrogen-bond donors (Lipinski definition) is 3. The minimum atomic E-state index is -0.0474. The molecule has 1 unspecified atom stereocenters. The summed E-state index contributed by atoms with van der Waals surface area (Å²) in [5, 5.41) is 18.9. The monoisotopic (exact) mass is 260 g/mol. The van der Waals surface area contributed by atoms with Gasteiger partial charge in [0.1, 0.15) is 12.1 Å². The average molecular weight is 260 g/mol. The minimum absolute atomic E-state index is 0.0474. The zero-order chi connectivity index (χ0) is 13.5. The quantitative estimate of drug-likeness (QED) is 0.317. The third-order valence-electron chi connectivity index (χ3n) is 2.76. The number of hydrogen-bond acceptors (Lipinski definition) is 5. The van der Waals surface area contributed by atoms with Crippen LogP contribution >= 0.6 is 0 Å². The molecule has 0 aliphatic heterocycles. The van der Waals surface area contributed by atoms with Crippen molar-refractivity contribution in [3.63, 3.8) is 0 Å². The van der Waals surface area contributed by atoms with E-state index in [0.717, 1.165) is 11.3 Å². The highest BCUT2D eigenvalue weighted by Crippen LogP contribution is 2.17. The molecule has 2 aromatic rings. The lowest BCUT2D eigenvalue weighted by molar-refractivity contribution is 0.315. The molecule has 0 saturated carbocycles. The van der Waals surface area contributed by atoms with E-state index >= 15 is 0 Å². The molecular formula is C13H16N4O2. The van der Waals surface area contributed by atoms with E-state index in [1.807, 2.05) is 30.3 Å². The number of benzene rings is 1. The van der Waals surface area contributed by atoms with Crippen LogP contribution in [0.2, 0.25) is 0 Å². The van der Waals surface area contributed by atoms with Gasteiger partial charge in [-0.3, -0.25) is 0 Å². The Kier molecular flexibility index (Phi) is 4.52. The Labute approximate surface area is 110 Å².